The number of nitrogens with one attached hydrogen (secondary N) is 1. The zero-order chi connectivity index (χ0) is 15.0. The largest absolute Gasteiger partial charge is 0.368 e. The average Bonchev–Trinajstić information content (AvgIpc) is 3.00. The first-order valence-corrected chi connectivity index (χ1v) is 7.69. The third-order valence-electron chi connectivity index (χ3n) is 3.56. The van der Waals surface area contributed by atoms with Crippen LogP contribution in [-0.4, -0.2) is 32.4 Å². The predicted molar refractivity (Wildman–Crippen MR) is 83.2 cm³/mol. The highest BCUT2D eigenvalue weighted by molar-refractivity contribution is 8.00. The Hall–Kier alpha value is -2.02. The summed E-state index contributed by atoms with van der Waals surface area (Å²) < 4.78 is 0. The van der Waals surface area contributed by atoms with Gasteiger partial charge in [0.25, 0.3) is 0 Å². The highest BCUT2D eigenvalue weighted by atomic mass is 32.2. The van der Waals surface area contributed by atoms with Crippen LogP contribution in [0.5, 0.6) is 0 Å². The number of fused-ring (bicyclic) bond motifs is 1. The summed E-state index contributed by atoms with van der Waals surface area (Å²) in [4.78, 5) is 18.6. The van der Waals surface area contributed by atoms with Crippen LogP contribution in [0.1, 0.15) is 19.4 Å². The maximum Gasteiger partial charge on any atom is 0.240 e. The fraction of sp³-hybridized carbons (Fsp3) is 0.357. The minimum Gasteiger partial charge on any atom is -0.368 e. The fourth-order valence-corrected chi connectivity index (χ4v) is 3.40. The Kier molecular flexibility index (Phi) is 3.59. The first kappa shape index (κ1) is 13.9. The summed E-state index contributed by atoms with van der Waals surface area (Å²) in [5.74, 6) is 0.331. The Morgan fingerprint density at radius 1 is 1.52 bits per heavy atom. The van der Waals surface area contributed by atoms with Crippen LogP contribution in [0.25, 0.3) is 0 Å². The molecule has 0 unspecified atom stereocenters. The topological polar surface area (TPSA) is 87.9 Å². The van der Waals surface area contributed by atoms with Crippen molar-refractivity contribution >= 4 is 29.3 Å². The number of benzene rings is 1. The lowest BCUT2D eigenvalue weighted by Gasteiger charge is -2.25. The van der Waals surface area contributed by atoms with Crippen molar-refractivity contribution in [3.8, 4) is 0 Å². The molecule has 110 valence electrons. The molecular formula is C14H17N5OS. The first-order chi connectivity index (χ1) is 10.1. The van der Waals surface area contributed by atoms with E-state index in [4.69, 9.17) is 5.73 Å². The Morgan fingerprint density at radius 2 is 2.29 bits per heavy atom. The van der Waals surface area contributed by atoms with Gasteiger partial charge in [0, 0.05) is 11.7 Å². The van der Waals surface area contributed by atoms with Crippen molar-refractivity contribution in [3.63, 3.8) is 0 Å². The molecule has 6 nitrogen and oxygen atoms in total. The molecule has 21 heavy (non-hydrogen) atoms. The number of anilines is 2. The van der Waals surface area contributed by atoms with E-state index in [1.807, 2.05) is 30.0 Å². The monoisotopic (exact) mass is 303 g/mol. The summed E-state index contributed by atoms with van der Waals surface area (Å²) in [6.45, 7) is 3.94. The molecule has 7 heteroatoms. The molecule has 0 aliphatic carbocycles. The van der Waals surface area contributed by atoms with Gasteiger partial charge in [-0.3, -0.25) is 4.79 Å². The molecule has 3 rings (SSSR count). The van der Waals surface area contributed by atoms with Gasteiger partial charge in [-0.05, 0) is 31.9 Å². The van der Waals surface area contributed by atoms with E-state index < -0.39 is 0 Å². The second kappa shape index (κ2) is 5.40. The van der Waals surface area contributed by atoms with Gasteiger partial charge in [-0.1, -0.05) is 30.0 Å². The number of rotatable bonds is 3. The molecule has 0 saturated carbocycles. The number of hydrogen-bond donors (Lipinski definition) is 2. The number of amides is 1. The normalized spacial score (nSPS) is 18.6. The fourth-order valence-electron chi connectivity index (χ4n) is 2.62. The van der Waals surface area contributed by atoms with Crippen molar-refractivity contribution in [1.82, 2.24) is 15.2 Å². The molecule has 0 fully saturated rings. The lowest BCUT2D eigenvalue weighted by Crippen LogP contribution is -2.40. The molecule has 0 spiro atoms. The number of para-hydroxylation sites is 1. The Morgan fingerprint density at radius 3 is 3.00 bits per heavy atom. The number of nitrogens with two attached hydrogens (primary N) is 1. The van der Waals surface area contributed by atoms with E-state index in [9.17, 15) is 4.79 Å². The molecule has 2 aromatic rings. The Balaban J connectivity index is 1.78. The van der Waals surface area contributed by atoms with Gasteiger partial charge < -0.3 is 10.6 Å². The Labute approximate surface area is 127 Å². The lowest BCUT2D eigenvalue weighted by atomic mass is 10.1. The average molecular weight is 303 g/mol. The van der Waals surface area contributed by atoms with Crippen molar-refractivity contribution in [3.05, 3.63) is 29.8 Å². The third-order valence-corrected chi connectivity index (χ3v) is 4.51. The van der Waals surface area contributed by atoms with Gasteiger partial charge in [0.15, 0.2) is 0 Å². The number of aromatic amines is 1. The Bertz CT molecular complexity index is 671. The molecule has 2 atom stereocenters. The summed E-state index contributed by atoms with van der Waals surface area (Å²) in [5, 5.41) is 6.76. The minimum atomic E-state index is -0.270. The molecule has 1 aromatic carbocycles. The molecule has 1 aliphatic rings. The highest BCUT2D eigenvalue weighted by Gasteiger charge is 2.33. The maximum absolute atomic E-state index is 12.7. The molecule has 1 aliphatic heterocycles. The van der Waals surface area contributed by atoms with Crippen LogP contribution in [-0.2, 0) is 11.2 Å². The van der Waals surface area contributed by atoms with E-state index >= 15 is 0 Å². The van der Waals surface area contributed by atoms with E-state index in [1.54, 1.807) is 0 Å². The number of hydrogen-bond acceptors (Lipinski definition) is 5. The first-order valence-electron chi connectivity index (χ1n) is 6.81. The molecule has 3 N–H and O–H groups in total. The van der Waals surface area contributed by atoms with Gasteiger partial charge >= 0.3 is 0 Å². The van der Waals surface area contributed by atoms with Gasteiger partial charge in [-0.25, -0.2) is 5.10 Å². The van der Waals surface area contributed by atoms with E-state index in [2.05, 4.69) is 28.2 Å². The number of carbonyl (C=O) groups is 1. The van der Waals surface area contributed by atoms with Crippen molar-refractivity contribution in [1.29, 1.82) is 0 Å². The molecule has 1 amide bonds. The van der Waals surface area contributed by atoms with Crippen molar-refractivity contribution in [2.24, 2.45) is 0 Å². The quantitative estimate of drug-likeness (QED) is 0.845. The van der Waals surface area contributed by atoms with Crippen LogP contribution in [0.15, 0.2) is 29.4 Å². The van der Waals surface area contributed by atoms with Crippen LogP contribution < -0.4 is 10.6 Å². The molecule has 0 radical (unpaired) electrons. The predicted octanol–water partition coefficient (Wildman–Crippen LogP) is 1.85. The molecule has 1 aromatic heterocycles. The molecule has 2 heterocycles. The van der Waals surface area contributed by atoms with E-state index in [1.165, 1.54) is 17.3 Å². The number of carbonyl (C=O) groups excluding carboxylic acids is 1. The smallest absolute Gasteiger partial charge is 0.240 e. The second-order valence-electron chi connectivity index (χ2n) is 5.15. The van der Waals surface area contributed by atoms with Crippen LogP contribution in [0.4, 0.5) is 11.6 Å². The van der Waals surface area contributed by atoms with Crippen LogP contribution in [0.3, 0.4) is 0 Å². The number of nitrogen functional groups attached to an aromatic ring is 1. The van der Waals surface area contributed by atoms with Crippen molar-refractivity contribution < 1.29 is 4.79 Å². The summed E-state index contributed by atoms with van der Waals surface area (Å²) in [6.07, 6.45) is 0.896. The maximum atomic E-state index is 12.7. The molecule has 0 saturated heterocycles. The van der Waals surface area contributed by atoms with Crippen LogP contribution >= 0.6 is 11.8 Å². The van der Waals surface area contributed by atoms with E-state index in [0.29, 0.717) is 5.16 Å². The van der Waals surface area contributed by atoms with Gasteiger partial charge in [0.05, 0.1) is 5.25 Å². The van der Waals surface area contributed by atoms with Crippen LogP contribution in [0.2, 0.25) is 0 Å². The summed E-state index contributed by atoms with van der Waals surface area (Å²) in [6, 6.07) is 8.22. The van der Waals surface area contributed by atoms with Gasteiger partial charge in [0.2, 0.25) is 17.0 Å². The van der Waals surface area contributed by atoms with Crippen molar-refractivity contribution in [2.75, 3.05) is 10.6 Å². The van der Waals surface area contributed by atoms with Gasteiger partial charge in [-0.2, -0.15) is 4.98 Å². The van der Waals surface area contributed by atoms with Crippen molar-refractivity contribution in [2.45, 2.75) is 36.7 Å². The lowest BCUT2D eigenvalue weighted by molar-refractivity contribution is -0.118. The number of thioether (sulfide) groups is 1. The summed E-state index contributed by atoms with van der Waals surface area (Å²) in [7, 11) is 0. The number of aromatic nitrogens is 3. The number of nitrogens with zero attached hydrogens (tertiary/aromatic N) is 3. The second-order valence-corrected chi connectivity index (χ2v) is 6.46. The third kappa shape index (κ3) is 2.61. The SMILES string of the molecule is C[C@H](Sc1n[nH]c(N)n1)C(=O)N1c2ccccc2C[C@@H]1C. The van der Waals surface area contributed by atoms with Crippen LogP contribution in [0, 0.1) is 0 Å². The van der Waals surface area contributed by atoms with E-state index in [0.717, 1.165) is 12.1 Å². The minimum absolute atomic E-state index is 0.0702. The zero-order valence-electron chi connectivity index (χ0n) is 11.9. The zero-order valence-corrected chi connectivity index (χ0v) is 12.7. The van der Waals surface area contributed by atoms with Gasteiger partial charge in [-0.15, -0.1) is 5.10 Å². The van der Waals surface area contributed by atoms with Gasteiger partial charge in [0.1, 0.15) is 0 Å². The molecule has 0 bridgehead atoms. The summed E-state index contributed by atoms with van der Waals surface area (Å²) >= 11 is 1.31. The summed E-state index contributed by atoms with van der Waals surface area (Å²) in [5.41, 5.74) is 7.73. The highest BCUT2D eigenvalue weighted by Crippen LogP contribution is 2.34. The standard InChI is InChI=1S/C14H17N5OS/c1-8-7-10-5-3-4-6-11(10)19(8)12(20)9(2)21-14-16-13(15)17-18-14/h3-6,8-9H,7H2,1-2H3,(H3,15,16,17,18)/t8-,9-/m0/s1. The van der Waals surface area contributed by atoms with E-state index in [-0.39, 0.29) is 23.1 Å². The molecular weight excluding hydrogens is 286 g/mol. The number of H-pyrrole nitrogens is 1.